The van der Waals surface area contributed by atoms with E-state index < -0.39 is 0 Å². The summed E-state index contributed by atoms with van der Waals surface area (Å²) in [5.74, 6) is 2.54. The number of hydrogen-bond donors (Lipinski definition) is 1. The molecule has 2 aromatic rings. The van der Waals surface area contributed by atoms with Gasteiger partial charge in [0.05, 0.1) is 17.8 Å². The van der Waals surface area contributed by atoms with Crippen LogP contribution in [0.4, 0.5) is 5.69 Å². The van der Waals surface area contributed by atoms with E-state index in [1.807, 2.05) is 36.7 Å². The van der Waals surface area contributed by atoms with Crippen LogP contribution < -0.4 is 10.5 Å². The van der Waals surface area contributed by atoms with Crippen LogP contribution in [0.1, 0.15) is 45.5 Å². The number of rotatable bonds is 3. The zero-order valence-electron chi connectivity index (χ0n) is 12.8. The predicted octanol–water partition coefficient (Wildman–Crippen LogP) is 3.21. The highest BCUT2D eigenvalue weighted by atomic mass is 16.5. The fourth-order valence-electron chi connectivity index (χ4n) is 2.73. The molecule has 0 amide bonds. The van der Waals surface area contributed by atoms with Crippen LogP contribution in [0, 0.1) is 0 Å². The number of nitrogen functional groups attached to an aromatic ring is 1. The summed E-state index contributed by atoms with van der Waals surface area (Å²) < 4.78 is 7.71. The number of aromatic nitrogens is 3. The second-order valence-corrected chi connectivity index (χ2v) is 5.96. The van der Waals surface area contributed by atoms with Crippen LogP contribution in [-0.4, -0.2) is 20.9 Å². The largest absolute Gasteiger partial charge is 0.489 e. The average molecular weight is 286 g/mol. The maximum Gasteiger partial charge on any atom is 0.181 e. The highest BCUT2D eigenvalue weighted by Crippen LogP contribution is 2.30. The minimum absolute atomic E-state index is 0.108. The van der Waals surface area contributed by atoms with Crippen LogP contribution >= 0.6 is 0 Å². The Morgan fingerprint density at radius 2 is 2.19 bits per heavy atom. The van der Waals surface area contributed by atoms with E-state index in [1.54, 1.807) is 0 Å². The molecule has 1 aromatic carbocycles. The predicted molar refractivity (Wildman–Crippen MR) is 83.3 cm³/mol. The summed E-state index contributed by atoms with van der Waals surface area (Å²) in [5.41, 5.74) is 7.64. The lowest BCUT2D eigenvalue weighted by Crippen LogP contribution is -2.16. The number of nitrogens with two attached hydrogens (primary N) is 1. The van der Waals surface area contributed by atoms with E-state index in [4.69, 9.17) is 10.5 Å². The molecule has 112 valence electrons. The Kier molecular flexibility index (Phi) is 3.57. The number of aryl methyl sites for hydroxylation is 1. The maximum absolute atomic E-state index is 6.07. The van der Waals surface area contributed by atoms with Crippen molar-refractivity contribution in [3.05, 3.63) is 24.0 Å². The SMILES string of the molecule is CC(C)Oc1ccc(-c2nc3n(n2)C(C)CCC3)cc1N. The van der Waals surface area contributed by atoms with E-state index in [2.05, 4.69) is 17.0 Å². The molecule has 0 fully saturated rings. The van der Waals surface area contributed by atoms with Gasteiger partial charge in [0, 0.05) is 12.0 Å². The summed E-state index contributed by atoms with van der Waals surface area (Å²) in [6.45, 7) is 6.16. The fourth-order valence-corrected chi connectivity index (χ4v) is 2.73. The van der Waals surface area contributed by atoms with E-state index in [9.17, 15) is 0 Å². The third-order valence-corrected chi connectivity index (χ3v) is 3.77. The third kappa shape index (κ3) is 2.73. The van der Waals surface area contributed by atoms with Crippen molar-refractivity contribution in [1.82, 2.24) is 14.8 Å². The van der Waals surface area contributed by atoms with Crippen molar-refractivity contribution in [2.45, 2.75) is 52.2 Å². The van der Waals surface area contributed by atoms with Crippen LogP contribution in [0.2, 0.25) is 0 Å². The number of hydrogen-bond acceptors (Lipinski definition) is 4. The lowest BCUT2D eigenvalue weighted by Gasteiger charge is -2.18. The third-order valence-electron chi connectivity index (χ3n) is 3.77. The Morgan fingerprint density at radius 1 is 1.38 bits per heavy atom. The molecular formula is C16H22N4O. The van der Waals surface area contributed by atoms with E-state index in [0.29, 0.717) is 17.5 Å². The van der Waals surface area contributed by atoms with Gasteiger partial charge in [-0.25, -0.2) is 9.67 Å². The van der Waals surface area contributed by atoms with Gasteiger partial charge in [0.25, 0.3) is 0 Å². The minimum Gasteiger partial charge on any atom is -0.489 e. The van der Waals surface area contributed by atoms with Gasteiger partial charge in [0.1, 0.15) is 11.6 Å². The standard InChI is InChI=1S/C16H22N4O/c1-10(2)21-14-8-7-12(9-13(14)17)16-18-15-6-4-5-11(3)20(15)19-16/h7-11H,4-6,17H2,1-3H3. The van der Waals surface area contributed by atoms with Gasteiger partial charge in [-0.15, -0.1) is 0 Å². The zero-order valence-corrected chi connectivity index (χ0v) is 12.8. The number of nitrogens with zero attached hydrogens (tertiary/aromatic N) is 3. The summed E-state index contributed by atoms with van der Waals surface area (Å²) in [7, 11) is 0. The molecule has 1 aromatic heterocycles. The molecule has 2 N–H and O–H groups in total. The smallest absolute Gasteiger partial charge is 0.181 e. The molecule has 1 atom stereocenters. The van der Waals surface area contributed by atoms with Crippen LogP contribution in [0.15, 0.2) is 18.2 Å². The molecule has 1 unspecified atom stereocenters. The lowest BCUT2D eigenvalue weighted by atomic mass is 10.1. The van der Waals surface area contributed by atoms with Crippen molar-refractivity contribution in [3.63, 3.8) is 0 Å². The van der Waals surface area contributed by atoms with Crippen LogP contribution in [-0.2, 0) is 6.42 Å². The summed E-state index contributed by atoms with van der Waals surface area (Å²) in [6, 6.07) is 6.19. The molecule has 0 bridgehead atoms. The molecular weight excluding hydrogens is 264 g/mol. The Morgan fingerprint density at radius 3 is 2.86 bits per heavy atom. The van der Waals surface area contributed by atoms with Crippen molar-refractivity contribution in [2.24, 2.45) is 0 Å². The van der Waals surface area contributed by atoms with Crippen molar-refractivity contribution in [1.29, 1.82) is 0 Å². The topological polar surface area (TPSA) is 66.0 Å². The molecule has 0 aliphatic carbocycles. The first-order chi connectivity index (χ1) is 10.0. The molecule has 5 nitrogen and oxygen atoms in total. The average Bonchev–Trinajstić information content (AvgIpc) is 2.86. The normalized spacial score (nSPS) is 17.8. The lowest BCUT2D eigenvalue weighted by molar-refractivity contribution is 0.244. The first-order valence-electron chi connectivity index (χ1n) is 7.56. The molecule has 0 saturated carbocycles. The highest BCUT2D eigenvalue weighted by molar-refractivity contribution is 5.66. The van der Waals surface area contributed by atoms with Crippen LogP contribution in [0.25, 0.3) is 11.4 Å². The molecule has 0 saturated heterocycles. The zero-order chi connectivity index (χ0) is 15.0. The van der Waals surface area contributed by atoms with Crippen molar-refractivity contribution < 1.29 is 4.74 Å². The van der Waals surface area contributed by atoms with Gasteiger partial charge in [-0.1, -0.05) is 0 Å². The van der Waals surface area contributed by atoms with Gasteiger partial charge in [0.15, 0.2) is 5.82 Å². The van der Waals surface area contributed by atoms with E-state index in [0.717, 1.165) is 23.6 Å². The number of ether oxygens (including phenoxy) is 1. The Hall–Kier alpha value is -2.04. The van der Waals surface area contributed by atoms with Gasteiger partial charge >= 0.3 is 0 Å². The van der Waals surface area contributed by atoms with Crippen molar-refractivity contribution in [2.75, 3.05) is 5.73 Å². The monoisotopic (exact) mass is 286 g/mol. The highest BCUT2D eigenvalue weighted by Gasteiger charge is 2.20. The number of benzene rings is 1. The first-order valence-corrected chi connectivity index (χ1v) is 7.56. The van der Waals surface area contributed by atoms with E-state index in [-0.39, 0.29) is 6.10 Å². The van der Waals surface area contributed by atoms with Crippen LogP contribution in [0.3, 0.4) is 0 Å². The molecule has 0 radical (unpaired) electrons. The first kappa shape index (κ1) is 13.9. The number of fused-ring (bicyclic) bond motifs is 1. The maximum atomic E-state index is 6.07. The Balaban J connectivity index is 1.92. The molecule has 3 rings (SSSR count). The van der Waals surface area contributed by atoms with Crippen molar-refractivity contribution >= 4 is 5.69 Å². The quantitative estimate of drug-likeness (QED) is 0.880. The minimum atomic E-state index is 0.108. The molecule has 2 heterocycles. The van der Waals surface area contributed by atoms with Gasteiger partial charge in [-0.3, -0.25) is 0 Å². The second-order valence-electron chi connectivity index (χ2n) is 5.96. The van der Waals surface area contributed by atoms with Gasteiger partial charge in [-0.05, 0) is 51.8 Å². The molecule has 21 heavy (non-hydrogen) atoms. The Labute approximate surface area is 125 Å². The summed E-state index contributed by atoms with van der Waals surface area (Å²) in [4.78, 5) is 4.66. The number of anilines is 1. The molecule has 5 heteroatoms. The molecule has 1 aliphatic rings. The summed E-state index contributed by atoms with van der Waals surface area (Å²) >= 11 is 0. The molecule has 0 spiro atoms. The van der Waals surface area contributed by atoms with E-state index >= 15 is 0 Å². The molecule has 1 aliphatic heterocycles. The van der Waals surface area contributed by atoms with Crippen molar-refractivity contribution in [3.8, 4) is 17.1 Å². The summed E-state index contributed by atoms with van der Waals surface area (Å²) in [5, 5.41) is 4.64. The Bertz CT molecular complexity index is 648. The van der Waals surface area contributed by atoms with Crippen LogP contribution in [0.5, 0.6) is 5.75 Å². The second kappa shape index (κ2) is 5.39. The van der Waals surface area contributed by atoms with Gasteiger partial charge in [0.2, 0.25) is 0 Å². The fraction of sp³-hybridized carbons (Fsp3) is 0.500. The van der Waals surface area contributed by atoms with Gasteiger partial charge in [-0.2, -0.15) is 5.10 Å². The van der Waals surface area contributed by atoms with Gasteiger partial charge < -0.3 is 10.5 Å². The van der Waals surface area contributed by atoms with E-state index in [1.165, 1.54) is 12.8 Å². The summed E-state index contributed by atoms with van der Waals surface area (Å²) in [6.07, 6.45) is 3.46.